The second-order valence-corrected chi connectivity index (χ2v) is 3.17. The Bertz CT molecular complexity index is 102. The van der Waals surface area contributed by atoms with Gasteiger partial charge in [-0.25, -0.2) is 0 Å². The quantitative estimate of drug-likeness (QED) is 0.440. The summed E-state index contributed by atoms with van der Waals surface area (Å²) in [5.41, 5.74) is 0. The van der Waals surface area contributed by atoms with Crippen molar-refractivity contribution < 1.29 is 14.6 Å². The summed E-state index contributed by atoms with van der Waals surface area (Å²) < 4.78 is 10.3. The van der Waals surface area contributed by atoms with Crippen molar-refractivity contribution >= 4 is 0 Å². The van der Waals surface area contributed by atoms with Gasteiger partial charge in [-0.3, -0.25) is 0 Å². The molecule has 0 bridgehead atoms. The maximum Gasteiger partial charge on any atom is 0.104 e. The minimum Gasteiger partial charge on any atom is -0.396 e. The molecule has 1 unspecified atom stereocenters. The minimum absolute atomic E-state index is 0.316. The molecule has 0 aromatic carbocycles. The molecule has 0 aromatic heterocycles. The van der Waals surface area contributed by atoms with Crippen molar-refractivity contribution in [1.29, 1.82) is 0 Å². The molecular weight excluding hydrogens is 156 g/mol. The minimum atomic E-state index is 0.316. The van der Waals surface area contributed by atoms with Crippen LogP contribution in [0, 0.1) is 0 Å². The van der Waals surface area contributed by atoms with Gasteiger partial charge in [-0.1, -0.05) is 12.8 Å². The molecule has 1 N–H and O–H groups in total. The summed E-state index contributed by atoms with van der Waals surface area (Å²) in [4.78, 5) is 0. The molecule has 1 heterocycles. The lowest BCUT2D eigenvalue weighted by Gasteiger charge is -2.01. The number of hydrogen-bond acceptors (Lipinski definition) is 3. The summed E-state index contributed by atoms with van der Waals surface area (Å²) in [6.07, 6.45) is 4.69. The fourth-order valence-corrected chi connectivity index (χ4v) is 1.05. The smallest absolute Gasteiger partial charge is 0.104 e. The van der Waals surface area contributed by atoms with Gasteiger partial charge >= 0.3 is 0 Å². The summed E-state index contributed by atoms with van der Waals surface area (Å²) in [6.45, 7) is 2.80. The molecule has 0 aromatic rings. The highest BCUT2D eigenvalue weighted by Crippen LogP contribution is 2.09. The van der Waals surface area contributed by atoms with Crippen LogP contribution in [0.25, 0.3) is 0 Å². The van der Waals surface area contributed by atoms with Crippen LogP contribution in [0.2, 0.25) is 0 Å². The van der Waals surface area contributed by atoms with E-state index in [0.717, 1.165) is 45.5 Å². The van der Waals surface area contributed by atoms with E-state index in [2.05, 4.69) is 0 Å². The zero-order chi connectivity index (χ0) is 8.65. The predicted molar refractivity (Wildman–Crippen MR) is 46.1 cm³/mol. The molecule has 1 rings (SSSR count). The molecule has 0 radical (unpaired) electrons. The van der Waals surface area contributed by atoms with Gasteiger partial charge in [0.25, 0.3) is 0 Å². The summed E-state index contributed by atoms with van der Waals surface area (Å²) in [5, 5.41) is 8.50. The van der Waals surface area contributed by atoms with Crippen molar-refractivity contribution in [3.8, 4) is 0 Å². The highest BCUT2D eigenvalue weighted by atomic mass is 16.6. The lowest BCUT2D eigenvalue weighted by molar-refractivity contribution is 0.112. The highest BCUT2D eigenvalue weighted by Gasteiger charge is 2.21. The van der Waals surface area contributed by atoms with Gasteiger partial charge in [0.05, 0.1) is 13.2 Å². The molecule has 72 valence electrons. The van der Waals surface area contributed by atoms with Crippen molar-refractivity contribution in [2.45, 2.75) is 31.8 Å². The first-order valence-corrected chi connectivity index (χ1v) is 4.73. The van der Waals surface area contributed by atoms with Crippen LogP contribution in [0.3, 0.4) is 0 Å². The number of rotatable bonds is 8. The van der Waals surface area contributed by atoms with E-state index in [9.17, 15) is 0 Å². The van der Waals surface area contributed by atoms with Crippen LogP contribution >= 0.6 is 0 Å². The fourth-order valence-electron chi connectivity index (χ4n) is 1.05. The first-order valence-electron chi connectivity index (χ1n) is 4.73. The molecule has 0 saturated carbocycles. The second kappa shape index (κ2) is 6.40. The average molecular weight is 174 g/mol. The van der Waals surface area contributed by atoms with Gasteiger partial charge in [-0.2, -0.15) is 0 Å². The van der Waals surface area contributed by atoms with Gasteiger partial charge in [0.15, 0.2) is 0 Å². The predicted octanol–water partition coefficient (Wildman–Crippen LogP) is 0.954. The van der Waals surface area contributed by atoms with Gasteiger partial charge < -0.3 is 14.6 Å². The maximum absolute atomic E-state index is 8.50. The lowest BCUT2D eigenvalue weighted by Crippen LogP contribution is -2.02. The molecule has 1 atom stereocenters. The van der Waals surface area contributed by atoms with Crippen LogP contribution in [0.5, 0.6) is 0 Å². The number of unbranched alkanes of at least 4 members (excludes halogenated alkanes) is 3. The number of aliphatic hydroxyl groups excluding tert-OH is 1. The normalized spacial score (nSPS) is 21.2. The Morgan fingerprint density at radius 2 is 2.00 bits per heavy atom. The highest BCUT2D eigenvalue weighted by molar-refractivity contribution is 4.66. The van der Waals surface area contributed by atoms with Crippen LogP contribution in [0.15, 0.2) is 0 Å². The Morgan fingerprint density at radius 1 is 1.25 bits per heavy atom. The second-order valence-electron chi connectivity index (χ2n) is 3.17. The zero-order valence-electron chi connectivity index (χ0n) is 7.50. The van der Waals surface area contributed by atoms with Crippen molar-refractivity contribution in [2.24, 2.45) is 0 Å². The molecular formula is C9H18O3. The van der Waals surface area contributed by atoms with Crippen molar-refractivity contribution in [3.63, 3.8) is 0 Å². The van der Waals surface area contributed by atoms with Gasteiger partial charge in [0.1, 0.15) is 6.10 Å². The fraction of sp³-hybridized carbons (Fsp3) is 1.00. The van der Waals surface area contributed by atoms with Crippen LogP contribution in [-0.4, -0.2) is 37.6 Å². The summed E-state index contributed by atoms with van der Waals surface area (Å²) >= 11 is 0. The first kappa shape index (κ1) is 9.96. The molecule has 3 heteroatoms. The van der Waals surface area contributed by atoms with E-state index in [-0.39, 0.29) is 0 Å². The van der Waals surface area contributed by atoms with E-state index in [4.69, 9.17) is 14.6 Å². The Kier molecular flexibility index (Phi) is 5.32. The van der Waals surface area contributed by atoms with Crippen molar-refractivity contribution in [2.75, 3.05) is 26.4 Å². The largest absolute Gasteiger partial charge is 0.396 e. The van der Waals surface area contributed by atoms with E-state index in [1.807, 2.05) is 0 Å². The van der Waals surface area contributed by atoms with E-state index < -0.39 is 0 Å². The Morgan fingerprint density at radius 3 is 2.67 bits per heavy atom. The molecule has 0 spiro atoms. The average Bonchev–Trinajstić information content (AvgIpc) is 2.87. The Labute approximate surface area is 73.7 Å². The summed E-state index contributed by atoms with van der Waals surface area (Å²) in [7, 11) is 0. The van der Waals surface area contributed by atoms with Crippen LogP contribution < -0.4 is 0 Å². The topological polar surface area (TPSA) is 42.0 Å². The molecule has 1 fully saturated rings. The molecule has 1 aliphatic heterocycles. The van der Waals surface area contributed by atoms with Crippen LogP contribution in [-0.2, 0) is 9.47 Å². The van der Waals surface area contributed by atoms with E-state index in [1.165, 1.54) is 0 Å². The third kappa shape index (κ3) is 5.52. The Hall–Kier alpha value is -0.120. The van der Waals surface area contributed by atoms with Crippen molar-refractivity contribution in [1.82, 2.24) is 0 Å². The van der Waals surface area contributed by atoms with E-state index >= 15 is 0 Å². The third-order valence-corrected chi connectivity index (χ3v) is 1.90. The molecule has 3 nitrogen and oxygen atoms in total. The Balaban J connectivity index is 1.65. The van der Waals surface area contributed by atoms with Crippen LogP contribution in [0.1, 0.15) is 25.7 Å². The molecule has 0 aliphatic carbocycles. The monoisotopic (exact) mass is 174 g/mol. The molecule has 1 saturated heterocycles. The third-order valence-electron chi connectivity index (χ3n) is 1.90. The maximum atomic E-state index is 8.50. The first-order chi connectivity index (χ1) is 5.93. The zero-order valence-corrected chi connectivity index (χ0v) is 7.50. The number of epoxide rings is 1. The molecule has 12 heavy (non-hydrogen) atoms. The summed E-state index contributed by atoms with van der Waals surface area (Å²) in [5.74, 6) is 0. The van der Waals surface area contributed by atoms with Crippen molar-refractivity contribution in [3.05, 3.63) is 0 Å². The van der Waals surface area contributed by atoms with Gasteiger partial charge in [-0.05, 0) is 12.8 Å². The van der Waals surface area contributed by atoms with Gasteiger partial charge in [0, 0.05) is 13.2 Å². The van der Waals surface area contributed by atoms with Gasteiger partial charge in [-0.15, -0.1) is 0 Å². The number of aliphatic hydroxyl groups is 1. The standard InChI is InChI=1S/C9H18O3/c10-5-3-1-2-4-6-11-7-9-8-12-9/h9-10H,1-8H2. The van der Waals surface area contributed by atoms with E-state index in [0.29, 0.717) is 12.7 Å². The molecule has 1 aliphatic rings. The van der Waals surface area contributed by atoms with E-state index in [1.54, 1.807) is 0 Å². The van der Waals surface area contributed by atoms with Gasteiger partial charge in [0.2, 0.25) is 0 Å². The summed E-state index contributed by atoms with van der Waals surface area (Å²) in [6, 6.07) is 0. The van der Waals surface area contributed by atoms with Crippen LogP contribution in [0.4, 0.5) is 0 Å². The lowest BCUT2D eigenvalue weighted by atomic mass is 10.2. The molecule has 0 amide bonds. The SMILES string of the molecule is OCCCCCCOCC1CO1. The number of hydrogen-bond donors (Lipinski definition) is 1. The number of ether oxygens (including phenoxy) is 2.